The van der Waals surface area contributed by atoms with E-state index in [0.717, 1.165) is 47.5 Å². The first-order valence-electron chi connectivity index (χ1n) is 15.0. The van der Waals surface area contributed by atoms with Gasteiger partial charge in [-0.3, -0.25) is 14.8 Å². The van der Waals surface area contributed by atoms with Crippen molar-refractivity contribution in [1.29, 1.82) is 0 Å². The second kappa shape index (κ2) is 18.2. The molecule has 1 fully saturated rings. The summed E-state index contributed by atoms with van der Waals surface area (Å²) < 4.78 is 37.8. The zero-order valence-electron chi connectivity index (χ0n) is 27.0. The number of amides is 1. The number of nitrogens with one attached hydrogen (secondary N) is 1. The third kappa shape index (κ3) is 10.0. The molecule has 0 aliphatic carbocycles. The smallest absolute Gasteiger partial charge is 0.318 e. The molecule has 0 saturated carbocycles. The number of likely N-dealkylation sites (N-methyl/N-ethyl adjacent to an activating group) is 2. The largest absolute Gasteiger partial charge is 0.462 e. The second-order valence-electron chi connectivity index (χ2n) is 11.3. The molecule has 1 aromatic carbocycles. The number of nitrogen functional groups attached to an aromatic ring is 1. The van der Waals surface area contributed by atoms with E-state index in [1.54, 1.807) is 36.1 Å². The number of methoxy groups -OCH3 is 1. The van der Waals surface area contributed by atoms with Gasteiger partial charge < -0.3 is 25.0 Å². The maximum atomic E-state index is 13.7. The highest BCUT2D eigenvalue weighted by Gasteiger charge is 2.43. The summed E-state index contributed by atoms with van der Waals surface area (Å²) in [7, 11) is 3.28. The summed E-state index contributed by atoms with van der Waals surface area (Å²) in [5.74, 6) is -2.25. The number of H-pyrrole nitrogens is 1. The van der Waals surface area contributed by atoms with E-state index in [9.17, 15) is 13.6 Å². The number of anilines is 2. The van der Waals surface area contributed by atoms with E-state index in [2.05, 4.69) is 45.0 Å². The van der Waals surface area contributed by atoms with Crippen molar-refractivity contribution in [2.75, 3.05) is 64.2 Å². The molecule has 1 saturated heterocycles. The fraction of sp³-hybridized carbons (Fsp3) is 0.576. The Bertz CT molecular complexity index is 1480. The molecule has 0 spiro atoms. The number of rotatable bonds is 9. The zero-order chi connectivity index (χ0) is 32.0. The summed E-state index contributed by atoms with van der Waals surface area (Å²) in [6.07, 6.45) is 5.61. The van der Waals surface area contributed by atoms with Gasteiger partial charge in [0, 0.05) is 56.2 Å². The predicted molar refractivity (Wildman–Crippen MR) is 191 cm³/mol. The number of halogens is 2. The van der Waals surface area contributed by atoms with E-state index in [1.807, 2.05) is 20.0 Å². The van der Waals surface area contributed by atoms with Crippen molar-refractivity contribution < 1.29 is 23.0 Å². The van der Waals surface area contributed by atoms with Crippen LogP contribution in [0.3, 0.4) is 0 Å². The second-order valence-corrected chi connectivity index (χ2v) is 11.3. The van der Waals surface area contributed by atoms with Crippen molar-refractivity contribution >= 4 is 41.8 Å². The van der Waals surface area contributed by atoms with Gasteiger partial charge in [0.2, 0.25) is 5.91 Å². The minimum Gasteiger partial charge on any atom is -0.462 e. The summed E-state index contributed by atoms with van der Waals surface area (Å²) in [4.78, 5) is 25.8. The lowest BCUT2D eigenvalue weighted by Gasteiger charge is -2.32. The number of aromatic nitrogens is 4. The average Bonchev–Trinajstić information content (AvgIpc) is 3.55. The molecule has 2 aliphatic rings. The standard InChI is InChI=1S/C22H27F2N7O.C9H17NO2.2CH4.H2S/c1-12-6-17-16(8-26-29-17)19(13(12)2)31-5-4-15-18(9-31)27-21(28-20(15)25)32-10-14-7-22(23,24)11-30(14)3;1-4-10(5-2)9(11)7-6-8-12-3;;;/h6,8,14H,4-5,7,9-11H2,1-3H3,(H,26,29)(H2,25,27,28);6-7H,4-5,8H2,1-3H3;2*1H4;1H2/b;7-6+;;;/t14-;;;;/m0..../s1. The van der Waals surface area contributed by atoms with Crippen molar-refractivity contribution in [3.63, 3.8) is 0 Å². The number of fused-ring (bicyclic) bond motifs is 2. The van der Waals surface area contributed by atoms with Gasteiger partial charge in [0.15, 0.2) is 0 Å². The molecule has 14 heteroatoms. The number of nitrogens with two attached hydrogens (primary N) is 1. The van der Waals surface area contributed by atoms with Crippen LogP contribution in [-0.2, 0) is 22.5 Å². The van der Waals surface area contributed by atoms with E-state index < -0.39 is 5.92 Å². The highest BCUT2D eigenvalue weighted by Crippen LogP contribution is 2.36. The van der Waals surface area contributed by atoms with Gasteiger partial charge in [-0.2, -0.15) is 28.6 Å². The summed E-state index contributed by atoms with van der Waals surface area (Å²) in [6.45, 7) is 11.3. The quantitative estimate of drug-likeness (QED) is 0.291. The van der Waals surface area contributed by atoms with Crippen LogP contribution in [0, 0.1) is 13.8 Å². The molecule has 11 nitrogen and oxygen atoms in total. The Morgan fingerprint density at radius 2 is 1.94 bits per heavy atom. The van der Waals surface area contributed by atoms with Crippen LogP contribution in [0.2, 0.25) is 0 Å². The van der Waals surface area contributed by atoms with Crippen LogP contribution in [0.4, 0.5) is 20.3 Å². The maximum Gasteiger partial charge on any atom is 0.318 e. The van der Waals surface area contributed by atoms with E-state index >= 15 is 0 Å². The molecule has 264 valence electrons. The van der Waals surface area contributed by atoms with Crippen LogP contribution in [0.1, 0.15) is 57.5 Å². The Hall–Kier alpha value is -3.49. The number of ether oxygens (including phenoxy) is 2. The van der Waals surface area contributed by atoms with Gasteiger partial charge in [0.25, 0.3) is 5.92 Å². The van der Waals surface area contributed by atoms with Gasteiger partial charge in [-0.05, 0) is 58.4 Å². The van der Waals surface area contributed by atoms with E-state index in [1.165, 1.54) is 11.1 Å². The third-order valence-corrected chi connectivity index (χ3v) is 8.27. The summed E-state index contributed by atoms with van der Waals surface area (Å²) in [5.41, 5.74) is 12.5. The lowest BCUT2D eigenvalue weighted by Crippen LogP contribution is -2.33. The molecule has 3 aromatic rings. The van der Waals surface area contributed by atoms with Crippen molar-refractivity contribution in [1.82, 2.24) is 30.0 Å². The molecule has 0 bridgehead atoms. The molecule has 5 rings (SSSR count). The summed E-state index contributed by atoms with van der Waals surface area (Å²) >= 11 is 0. The molecule has 47 heavy (non-hydrogen) atoms. The Morgan fingerprint density at radius 3 is 2.55 bits per heavy atom. The first-order chi connectivity index (χ1) is 21.0. The van der Waals surface area contributed by atoms with Crippen LogP contribution in [0.15, 0.2) is 24.4 Å². The minimum absolute atomic E-state index is 0. The number of hydrogen-bond acceptors (Lipinski definition) is 9. The van der Waals surface area contributed by atoms with Crippen LogP contribution in [0.25, 0.3) is 10.9 Å². The van der Waals surface area contributed by atoms with Crippen LogP contribution >= 0.6 is 13.5 Å². The molecule has 4 heterocycles. The van der Waals surface area contributed by atoms with E-state index in [-0.39, 0.29) is 65.9 Å². The molecular formula is C33H54F2N8O3S. The number of alkyl halides is 2. The fourth-order valence-electron chi connectivity index (χ4n) is 5.71. The molecular weight excluding hydrogens is 626 g/mol. The Kier molecular flexibility index (Phi) is 16.0. The number of likely N-dealkylation sites (tertiary alicyclic amines) is 1. The molecule has 2 aromatic heterocycles. The van der Waals surface area contributed by atoms with E-state index in [4.69, 9.17) is 15.2 Å². The van der Waals surface area contributed by atoms with Crippen LogP contribution in [-0.4, -0.2) is 101 Å². The molecule has 0 radical (unpaired) electrons. The molecule has 3 N–H and O–H groups in total. The Balaban J connectivity index is 0.000000638. The third-order valence-electron chi connectivity index (χ3n) is 8.27. The molecule has 0 unspecified atom stereocenters. The number of carbonyl (C=O) groups excluding carboxylic acids is 1. The van der Waals surface area contributed by atoms with Crippen molar-refractivity contribution in [2.24, 2.45) is 0 Å². The monoisotopic (exact) mass is 680 g/mol. The maximum absolute atomic E-state index is 13.7. The molecule has 1 amide bonds. The number of hydrogen-bond donors (Lipinski definition) is 2. The number of aromatic amines is 1. The van der Waals surface area contributed by atoms with Gasteiger partial charge in [-0.1, -0.05) is 20.9 Å². The number of aryl methyl sites for hydroxylation is 1. The van der Waals surface area contributed by atoms with Gasteiger partial charge in [0.05, 0.1) is 42.8 Å². The highest BCUT2D eigenvalue weighted by molar-refractivity contribution is 7.59. The van der Waals surface area contributed by atoms with Crippen molar-refractivity contribution in [3.8, 4) is 6.01 Å². The van der Waals surface area contributed by atoms with Gasteiger partial charge in [-0.15, -0.1) is 0 Å². The predicted octanol–water partition coefficient (Wildman–Crippen LogP) is 5.28. The first-order valence-corrected chi connectivity index (χ1v) is 15.0. The lowest BCUT2D eigenvalue weighted by atomic mass is 9.99. The first kappa shape index (κ1) is 41.5. The molecule has 2 aliphatic heterocycles. The summed E-state index contributed by atoms with van der Waals surface area (Å²) in [6, 6.07) is 1.86. The Morgan fingerprint density at radius 1 is 1.23 bits per heavy atom. The topological polar surface area (TPSA) is 126 Å². The fourth-order valence-corrected chi connectivity index (χ4v) is 5.71. The van der Waals surface area contributed by atoms with Crippen molar-refractivity contribution in [3.05, 3.63) is 46.8 Å². The normalized spacial score (nSPS) is 16.8. The minimum atomic E-state index is -2.69. The van der Waals surface area contributed by atoms with Crippen molar-refractivity contribution in [2.45, 2.75) is 73.9 Å². The van der Waals surface area contributed by atoms with Gasteiger partial charge in [-0.25, -0.2) is 8.78 Å². The van der Waals surface area contributed by atoms with Gasteiger partial charge in [0.1, 0.15) is 12.4 Å². The Labute approximate surface area is 285 Å². The van der Waals surface area contributed by atoms with E-state index in [0.29, 0.717) is 25.4 Å². The zero-order valence-corrected chi connectivity index (χ0v) is 28.0. The van der Waals surface area contributed by atoms with Crippen LogP contribution < -0.4 is 15.4 Å². The van der Waals surface area contributed by atoms with Crippen LogP contribution in [0.5, 0.6) is 6.01 Å². The lowest BCUT2D eigenvalue weighted by molar-refractivity contribution is -0.125. The number of carbonyl (C=O) groups is 1. The number of benzene rings is 1. The summed E-state index contributed by atoms with van der Waals surface area (Å²) in [5, 5.41) is 8.34. The SMILES string of the molecule is C.C.CCN(CC)C(=O)/C=C/COC.Cc1cc2[nH]ncc2c(N2CCc3c(N)nc(OC[C@@H]4CC(F)(F)CN4C)nc3C2)c1C.S. The number of nitrogens with zero attached hydrogens (tertiary/aromatic N) is 6. The highest BCUT2D eigenvalue weighted by atomic mass is 32.1. The average molecular weight is 681 g/mol. The molecule has 1 atom stereocenters. The van der Waals surface area contributed by atoms with Gasteiger partial charge >= 0.3 is 6.01 Å².